The summed E-state index contributed by atoms with van der Waals surface area (Å²) in [5.41, 5.74) is 3.18. The van der Waals surface area contributed by atoms with E-state index in [2.05, 4.69) is 34.5 Å². The van der Waals surface area contributed by atoms with E-state index >= 15 is 0 Å². The van der Waals surface area contributed by atoms with Gasteiger partial charge in [0.25, 0.3) is 0 Å². The van der Waals surface area contributed by atoms with Gasteiger partial charge in [-0.1, -0.05) is 24.3 Å². The molecule has 116 valence electrons. The van der Waals surface area contributed by atoms with Crippen LogP contribution < -0.4 is 5.32 Å². The topological polar surface area (TPSA) is 15.3 Å². The summed E-state index contributed by atoms with van der Waals surface area (Å²) in [6, 6.07) is 10.6. The molecule has 1 saturated carbocycles. The number of benzene rings is 1. The normalized spacial score (nSPS) is 23.8. The smallest absolute Gasteiger partial charge is 0.0176 e. The van der Waals surface area contributed by atoms with Gasteiger partial charge in [-0.3, -0.25) is 4.90 Å². The van der Waals surface area contributed by atoms with Crippen molar-refractivity contribution in [2.75, 3.05) is 19.6 Å². The van der Waals surface area contributed by atoms with Crippen LogP contribution in [0.5, 0.6) is 0 Å². The Hall–Kier alpha value is -0.570. The van der Waals surface area contributed by atoms with Gasteiger partial charge in [0.05, 0.1) is 0 Å². The van der Waals surface area contributed by atoms with E-state index < -0.39 is 0 Å². The quantitative estimate of drug-likeness (QED) is 0.920. The van der Waals surface area contributed by atoms with E-state index in [9.17, 15) is 0 Å². The summed E-state index contributed by atoms with van der Waals surface area (Å²) in [4.78, 5) is 2.75. The second-order valence-corrected chi connectivity index (χ2v) is 6.99. The lowest BCUT2D eigenvalue weighted by Crippen LogP contribution is -2.47. The highest BCUT2D eigenvalue weighted by Crippen LogP contribution is 2.29. The summed E-state index contributed by atoms with van der Waals surface area (Å²) < 4.78 is 0. The van der Waals surface area contributed by atoms with Crippen molar-refractivity contribution in [2.24, 2.45) is 5.92 Å². The average Bonchev–Trinajstić information content (AvgIpc) is 3.22. The zero-order valence-corrected chi connectivity index (χ0v) is 13.6. The predicted octanol–water partition coefficient (Wildman–Crippen LogP) is 3.04. The van der Waals surface area contributed by atoms with Crippen molar-refractivity contribution in [1.29, 1.82) is 0 Å². The maximum absolute atomic E-state index is 3.79. The van der Waals surface area contributed by atoms with E-state index in [1.54, 1.807) is 11.1 Å². The summed E-state index contributed by atoms with van der Waals surface area (Å²) in [7, 11) is 0. The second kappa shape index (κ2) is 6.68. The van der Waals surface area contributed by atoms with Crippen LogP contribution in [0.3, 0.4) is 0 Å². The van der Waals surface area contributed by atoms with Gasteiger partial charge in [0.1, 0.15) is 0 Å². The number of likely N-dealkylation sites (tertiary alicyclic amines) is 1. The molecule has 0 unspecified atom stereocenters. The Balaban J connectivity index is 0.00000132. The number of hydrogen-bond acceptors (Lipinski definition) is 2. The highest BCUT2D eigenvalue weighted by Gasteiger charge is 2.30. The van der Waals surface area contributed by atoms with Crippen molar-refractivity contribution in [3.05, 3.63) is 35.4 Å². The minimum absolute atomic E-state index is 0. The highest BCUT2D eigenvalue weighted by molar-refractivity contribution is 5.85. The van der Waals surface area contributed by atoms with E-state index in [4.69, 9.17) is 0 Å². The fraction of sp³-hybridized carbons (Fsp3) is 0.667. The van der Waals surface area contributed by atoms with E-state index in [1.807, 2.05) is 0 Å². The summed E-state index contributed by atoms with van der Waals surface area (Å²) in [6.45, 7) is 3.86. The molecule has 1 N–H and O–H groups in total. The minimum Gasteiger partial charge on any atom is -0.314 e. The van der Waals surface area contributed by atoms with Crippen molar-refractivity contribution in [1.82, 2.24) is 10.2 Å². The Bertz CT molecular complexity index is 439. The maximum atomic E-state index is 3.79. The first-order valence-electron chi connectivity index (χ1n) is 8.43. The fourth-order valence-electron chi connectivity index (χ4n) is 3.92. The molecule has 21 heavy (non-hydrogen) atoms. The molecular formula is C18H27ClN2. The van der Waals surface area contributed by atoms with Crippen molar-refractivity contribution < 1.29 is 0 Å². The molecule has 0 spiro atoms. The van der Waals surface area contributed by atoms with Crippen LogP contribution in [0.4, 0.5) is 0 Å². The Morgan fingerprint density at radius 3 is 2.14 bits per heavy atom. The molecule has 1 saturated heterocycles. The van der Waals surface area contributed by atoms with Gasteiger partial charge in [0.2, 0.25) is 0 Å². The standard InChI is InChI=1S/C18H26N2.ClH/c1-2-4-16-12-18(11-15(16)3-1)20-9-7-17(8-10-20)19-13-14-5-6-14;/h1-4,14,17-19H,5-13H2;1H. The van der Waals surface area contributed by atoms with Gasteiger partial charge in [0.15, 0.2) is 0 Å². The number of nitrogens with one attached hydrogen (secondary N) is 1. The van der Waals surface area contributed by atoms with Crippen molar-refractivity contribution in [3.63, 3.8) is 0 Å². The van der Waals surface area contributed by atoms with Crippen LogP contribution in [0, 0.1) is 5.92 Å². The lowest BCUT2D eigenvalue weighted by Gasteiger charge is -2.36. The lowest BCUT2D eigenvalue weighted by atomic mass is 10.0. The largest absolute Gasteiger partial charge is 0.314 e. The first-order valence-corrected chi connectivity index (χ1v) is 8.43. The molecule has 0 atom stereocenters. The van der Waals surface area contributed by atoms with Crippen LogP contribution >= 0.6 is 12.4 Å². The van der Waals surface area contributed by atoms with E-state index in [0.29, 0.717) is 0 Å². The molecular weight excluding hydrogens is 280 g/mol. The Kier molecular flexibility index (Phi) is 4.88. The summed E-state index contributed by atoms with van der Waals surface area (Å²) in [6.07, 6.45) is 8.17. The van der Waals surface area contributed by atoms with Gasteiger partial charge in [-0.15, -0.1) is 12.4 Å². The first-order chi connectivity index (χ1) is 9.88. The maximum Gasteiger partial charge on any atom is 0.0176 e. The molecule has 1 aromatic rings. The van der Waals surface area contributed by atoms with Crippen LogP contribution in [0.2, 0.25) is 0 Å². The van der Waals surface area contributed by atoms with Crippen molar-refractivity contribution in [2.45, 2.75) is 50.6 Å². The second-order valence-electron chi connectivity index (χ2n) is 6.99. The van der Waals surface area contributed by atoms with Gasteiger partial charge >= 0.3 is 0 Å². The Morgan fingerprint density at radius 2 is 1.57 bits per heavy atom. The van der Waals surface area contributed by atoms with Gasteiger partial charge in [-0.25, -0.2) is 0 Å². The third-order valence-corrected chi connectivity index (χ3v) is 5.47. The van der Waals surface area contributed by atoms with E-state index in [0.717, 1.165) is 18.0 Å². The Morgan fingerprint density at radius 1 is 0.952 bits per heavy atom. The zero-order valence-electron chi connectivity index (χ0n) is 12.8. The molecule has 2 nitrogen and oxygen atoms in total. The third kappa shape index (κ3) is 3.61. The number of hydrogen-bond donors (Lipinski definition) is 1. The van der Waals surface area contributed by atoms with E-state index in [-0.39, 0.29) is 12.4 Å². The van der Waals surface area contributed by atoms with Gasteiger partial charge in [0, 0.05) is 12.1 Å². The molecule has 0 aromatic heterocycles. The molecule has 3 aliphatic rings. The zero-order chi connectivity index (χ0) is 13.4. The summed E-state index contributed by atoms with van der Waals surface area (Å²) in [5.74, 6) is 1.01. The minimum atomic E-state index is 0. The van der Waals surface area contributed by atoms with Gasteiger partial charge in [-0.2, -0.15) is 0 Å². The first kappa shape index (κ1) is 15.3. The molecule has 0 bridgehead atoms. The van der Waals surface area contributed by atoms with Gasteiger partial charge in [-0.05, 0) is 75.2 Å². The summed E-state index contributed by atoms with van der Waals surface area (Å²) in [5, 5.41) is 3.79. The number of rotatable bonds is 4. The number of piperidine rings is 1. The molecule has 1 heterocycles. The van der Waals surface area contributed by atoms with Gasteiger partial charge < -0.3 is 5.32 Å². The average molecular weight is 307 g/mol. The predicted molar refractivity (Wildman–Crippen MR) is 90.2 cm³/mol. The van der Waals surface area contributed by atoms with Crippen LogP contribution in [-0.4, -0.2) is 36.6 Å². The van der Waals surface area contributed by atoms with Crippen molar-refractivity contribution in [3.8, 4) is 0 Å². The molecule has 0 radical (unpaired) electrons. The highest BCUT2D eigenvalue weighted by atomic mass is 35.5. The van der Waals surface area contributed by atoms with E-state index in [1.165, 1.54) is 58.2 Å². The van der Waals surface area contributed by atoms with Crippen LogP contribution in [0.1, 0.15) is 36.8 Å². The molecule has 1 aliphatic heterocycles. The fourth-order valence-corrected chi connectivity index (χ4v) is 3.92. The van der Waals surface area contributed by atoms with Crippen molar-refractivity contribution >= 4 is 12.4 Å². The lowest BCUT2D eigenvalue weighted by molar-refractivity contribution is 0.146. The molecule has 2 fully saturated rings. The molecule has 4 rings (SSSR count). The molecule has 2 aliphatic carbocycles. The van der Waals surface area contributed by atoms with Crippen LogP contribution in [-0.2, 0) is 12.8 Å². The number of nitrogens with zero attached hydrogens (tertiary/aromatic N) is 1. The molecule has 0 amide bonds. The molecule has 3 heteroatoms. The summed E-state index contributed by atoms with van der Waals surface area (Å²) >= 11 is 0. The third-order valence-electron chi connectivity index (χ3n) is 5.47. The SMILES string of the molecule is Cl.c1ccc2c(c1)CC(N1CCC(NCC3CC3)CC1)C2. The Labute approximate surface area is 134 Å². The number of halogens is 1. The molecule has 1 aromatic carbocycles. The van der Waals surface area contributed by atoms with Crippen LogP contribution in [0.15, 0.2) is 24.3 Å². The monoisotopic (exact) mass is 306 g/mol. The number of fused-ring (bicyclic) bond motifs is 1. The van der Waals surface area contributed by atoms with Crippen LogP contribution in [0.25, 0.3) is 0 Å².